The predicted octanol–water partition coefficient (Wildman–Crippen LogP) is 1.90. The second-order valence-electron chi connectivity index (χ2n) is 4.91. The second kappa shape index (κ2) is 6.08. The van der Waals surface area contributed by atoms with E-state index in [2.05, 4.69) is 5.32 Å². The van der Waals surface area contributed by atoms with Crippen LogP contribution in [0.2, 0.25) is 0 Å². The number of hydrogen-bond donors (Lipinski definition) is 2. The number of benzene rings is 1. The fourth-order valence-electron chi connectivity index (χ4n) is 1.24. The Balaban J connectivity index is 2.61. The maximum Gasteiger partial charge on any atom is 0.412 e. The van der Waals surface area contributed by atoms with Crippen molar-refractivity contribution >= 4 is 17.7 Å². The van der Waals surface area contributed by atoms with Gasteiger partial charge in [0.15, 0.2) is 6.61 Å². The molecule has 0 radical (unpaired) electrons. The summed E-state index contributed by atoms with van der Waals surface area (Å²) in [5, 5.41) is 2.57. The van der Waals surface area contributed by atoms with Gasteiger partial charge in [0.1, 0.15) is 11.4 Å². The molecule has 104 valence electrons. The quantitative estimate of drug-likeness (QED) is 0.870. The molecule has 0 atom stereocenters. The summed E-state index contributed by atoms with van der Waals surface area (Å²) in [7, 11) is 0. The topological polar surface area (TPSA) is 90.7 Å². The van der Waals surface area contributed by atoms with Crippen molar-refractivity contribution in [2.75, 3.05) is 11.9 Å². The summed E-state index contributed by atoms with van der Waals surface area (Å²) in [6.45, 7) is 5.12. The van der Waals surface area contributed by atoms with Crippen LogP contribution in [0.3, 0.4) is 0 Å². The molecule has 0 aliphatic rings. The largest absolute Gasteiger partial charge is 0.484 e. The highest BCUT2D eigenvalue weighted by atomic mass is 16.6. The number of nitrogens with one attached hydrogen (secondary N) is 1. The lowest BCUT2D eigenvalue weighted by molar-refractivity contribution is -0.119. The lowest BCUT2D eigenvalue weighted by Gasteiger charge is -2.19. The molecule has 0 aromatic heterocycles. The van der Waals surface area contributed by atoms with Crippen LogP contribution < -0.4 is 15.8 Å². The third-order valence-corrected chi connectivity index (χ3v) is 1.86. The number of amides is 2. The van der Waals surface area contributed by atoms with E-state index < -0.39 is 17.6 Å². The van der Waals surface area contributed by atoms with Gasteiger partial charge in [-0.15, -0.1) is 0 Å². The molecular formula is C13H18N2O4. The molecule has 0 spiro atoms. The zero-order valence-electron chi connectivity index (χ0n) is 11.2. The number of carbonyl (C=O) groups excluding carboxylic acids is 2. The summed E-state index contributed by atoms with van der Waals surface area (Å²) < 4.78 is 10.2. The molecule has 19 heavy (non-hydrogen) atoms. The van der Waals surface area contributed by atoms with Crippen molar-refractivity contribution < 1.29 is 19.1 Å². The molecule has 1 aromatic carbocycles. The Labute approximate surface area is 111 Å². The van der Waals surface area contributed by atoms with Gasteiger partial charge in [0, 0.05) is 11.8 Å². The van der Waals surface area contributed by atoms with Crippen molar-refractivity contribution in [3.8, 4) is 5.75 Å². The molecule has 6 heteroatoms. The molecule has 1 rings (SSSR count). The zero-order chi connectivity index (χ0) is 14.5. The number of hydrogen-bond acceptors (Lipinski definition) is 4. The van der Waals surface area contributed by atoms with Gasteiger partial charge in [-0.05, 0) is 32.9 Å². The highest BCUT2D eigenvalue weighted by Gasteiger charge is 2.16. The normalized spacial score (nSPS) is 10.7. The van der Waals surface area contributed by atoms with E-state index in [1.54, 1.807) is 45.0 Å². The Morgan fingerprint density at radius 3 is 2.58 bits per heavy atom. The summed E-state index contributed by atoms with van der Waals surface area (Å²) in [4.78, 5) is 22.2. The van der Waals surface area contributed by atoms with E-state index >= 15 is 0 Å². The third kappa shape index (κ3) is 6.30. The van der Waals surface area contributed by atoms with Crippen molar-refractivity contribution in [3.63, 3.8) is 0 Å². The van der Waals surface area contributed by atoms with Gasteiger partial charge in [-0.25, -0.2) is 4.79 Å². The molecule has 0 aliphatic carbocycles. The summed E-state index contributed by atoms with van der Waals surface area (Å²) in [5.74, 6) is -0.127. The Morgan fingerprint density at radius 2 is 2.00 bits per heavy atom. The monoisotopic (exact) mass is 266 g/mol. The predicted molar refractivity (Wildman–Crippen MR) is 71.0 cm³/mol. The highest BCUT2D eigenvalue weighted by molar-refractivity contribution is 5.85. The Kier molecular flexibility index (Phi) is 4.74. The molecule has 6 nitrogen and oxygen atoms in total. The second-order valence-corrected chi connectivity index (χ2v) is 4.91. The minimum atomic E-state index is -0.565. The number of carbonyl (C=O) groups is 2. The third-order valence-electron chi connectivity index (χ3n) is 1.86. The molecule has 0 saturated heterocycles. The van der Waals surface area contributed by atoms with Crippen molar-refractivity contribution in [1.29, 1.82) is 0 Å². The molecule has 0 heterocycles. The van der Waals surface area contributed by atoms with Crippen molar-refractivity contribution in [3.05, 3.63) is 24.3 Å². The fraction of sp³-hybridized carbons (Fsp3) is 0.385. The molecule has 0 unspecified atom stereocenters. The van der Waals surface area contributed by atoms with Gasteiger partial charge in [0.05, 0.1) is 0 Å². The molecule has 0 bridgehead atoms. The van der Waals surface area contributed by atoms with Gasteiger partial charge in [-0.1, -0.05) is 6.07 Å². The van der Waals surface area contributed by atoms with Gasteiger partial charge in [-0.3, -0.25) is 10.1 Å². The van der Waals surface area contributed by atoms with Crippen LogP contribution >= 0.6 is 0 Å². The summed E-state index contributed by atoms with van der Waals surface area (Å²) >= 11 is 0. The van der Waals surface area contributed by atoms with Crippen LogP contribution in [0.25, 0.3) is 0 Å². The average Bonchev–Trinajstić information content (AvgIpc) is 2.24. The lowest BCUT2D eigenvalue weighted by Crippen LogP contribution is -2.27. The van der Waals surface area contributed by atoms with Gasteiger partial charge in [0.2, 0.25) is 0 Å². The fourth-order valence-corrected chi connectivity index (χ4v) is 1.24. The van der Waals surface area contributed by atoms with Crippen LogP contribution in [-0.4, -0.2) is 24.2 Å². The van der Waals surface area contributed by atoms with Crippen LogP contribution in [0.5, 0.6) is 5.75 Å². The molecule has 0 saturated carbocycles. The van der Waals surface area contributed by atoms with Crippen LogP contribution in [0, 0.1) is 0 Å². The SMILES string of the molecule is CC(C)(C)OC(=O)Nc1cccc(OCC(N)=O)c1. The van der Waals surface area contributed by atoms with Gasteiger partial charge >= 0.3 is 6.09 Å². The van der Waals surface area contributed by atoms with E-state index in [1.165, 1.54) is 0 Å². The first-order valence-electron chi connectivity index (χ1n) is 5.77. The standard InChI is InChI=1S/C13H18N2O4/c1-13(2,3)19-12(17)15-9-5-4-6-10(7-9)18-8-11(14)16/h4-7H,8H2,1-3H3,(H2,14,16)(H,15,17). The summed E-state index contributed by atoms with van der Waals surface area (Å²) in [6.07, 6.45) is -0.556. The first kappa shape index (κ1) is 14.8. The van der Waals surface area contributed by atoms with E-state index in [1.807, 2.05) is 0 Å². The molecule has 1 aromatic rings. The number of ether oxygens (including phenoxy) is 2. The molecule has 3 N–H and O–H groups in total. The lowest BCUT2D eigenvalue weighted by atomic mass is 10.2. The highest BCUT2D eigenvalue weighted by Crippen LogP contribution is 2.18. The van der Waals surface area contributed by atoms with E-state index in [9.17, 15) is 9.59 Å². The maximum atomic E-state index is 11.6. The van der Waals surface area contributed by atoms with E-state index in [-0.39, 0.29) is 6.61 Å². The first-order chi connectivity index (χ1) is 8.76. The number of rotatable bonds is 4. The van der Waals surface area contributed by atoms with E-state index in [0.717, 1.165) is 0 Å². The van der Waals surface area contributed by atoms with E-state index in [4.69, 9.17) is 15.2 Å². The molecular weight excluding hydrogens is 248 g/mol. The van der Waals surface area contributed by atoms with Crippen molar-refractivity contribution in [1.82, 2.24) is 0 Å². The van der Waals surface area contributed by atoms with Crippen LogP contribution in [0.1, 0.15) is 20.8 Å². The Hall–Kier alpha value is -2.24. The summed E-state index contributed by atoms with van der Waals surface area (Å²) in [6, 6.07) is 6.60. The van der Waals surface area contributed by atoms with Crippen molar-refractivity contribution in [2.45, 2.75) is 26.4 Å². The maximum absolute atomic E-state index is 11.6. The number of anilines is 1. The minimum absolute atomic E-state index is 0.212. The van der Waals surface area contributed by atoms with Crippen molar-refractivity contribution in [2.24, 2.45) is 5.73 Å². The minimum Gasteiger partial charge on any atom is -0.484 e. The summed E-state index contributed by atoms with van der Waals surface area (Å²) in [5.41, 5.74) is 4.92. The average molecular weight is 266 g/mol. The van der Waals surface area contributed by atoms with Gasteiger partial charge in [0.25, 0.3) is 5.91 Å². The van der Waals surface area contributed by atoms with Gasteiger partial charge < -0.3 is 15.2 Å². The Bertz CT molecular complexity index is 466. The Morgan fingerprint density at radius 1 is 1.32 bits per heavy atom. The molecule has 0 fully saturated rings. The molecule has 2 amide bonds. The first-order valence-corrected chi connectivity index (χ1v) is 5.77. The van der Waals surface area contributed by atoms with Crippen LogP contribution in [-0.2, 0) is 9.53 Å². The molecule has 0 aliphatic heterocycles. The van der Waals surface area contributed by atoms with Gasteiger partial charge in [-0.2, -0.15) is 0 Å². The zero-order valence-corrected chi connectivity index (χ0v) is 11.2. The van der Waals surface area contributed by atoms with E-state index in [0.29, 0.717) is 11.4 Å². The smallest absolute Gasteiger partial charge is 0.412 e. The van der Waals surface area contributed by atoms with Crippen LogP contribution in [0.4, 0.5) is 10.5 Å². The van der Waals surface area contributed by atoms with Crippen LogP contribution in [0.15, 0.2) is 24.3 Å². The number of nitrogens with two attached hydrogens (primary N) is 1. The number of primary amides is 1.